The van der Waals surface area contributed by atoms with Gasteiger partial charge in [-0.2, -0.15) is 0 Å². The molecule has 1 saturated heterocycles. The molecule has 5 nitrogen and oxygen atoms in total. The molecular formula is C30H27F2NO4S. The molecule has 196 valence electrons. The van der Waals surface area contributed by atoms with Gasteiger partial charge >= 0.3 is 0 Å². The summed E-state index contributed by atoms with van der Waals surface area (Å²) in [4.78, 5) is 16.2. The number of aromatic hydroxyl groups is 1. The second kappa shape index (κ2) is 9.67. The minimum absolute atomic E-state index is 0.0227. The van der Waals surface area contributed by atoms with Gasteiger partial charge in [0.15, 0.2) is 5.75 Å². The topological polar surface area (TPSA) is 59.0 Å². The number of benzene rings is 3. The number of thiophene rings is 1. The number of carbonyl (C=O) groups is 1. The first-order chi connectivity index (χ1) is 18.3. The number of aryl methyl sites for hydroxylation is 2. The van der Waals surface area contributed by atoms with Crippen LogP contribution in [-0.4, -0.2) is 47.2 Å². The lowest BCUT2D eigenvalue weighted by Crippen LogP contribution is -2.28. The van der Waals surface area contributed by atoms with E-state index in [9.17, 15) is 18.7 Å². The molecule has 4 aromatic rings. The van der Waals surface area contributed by atoms with Gasteiger partial charge in [0.05, 0.1) is 0 Å². The number of fused-ring (bicyclic) bond motifs is 1. The minimum Gasteiger partial charge on any atom is -0.508 e. The van der Waals surface area contributed by atoms with Gasteiger partial charge in [-0.25, -0.2) is 8.78 Å². The zero-order valence-corrected chi connectivity index (χ0v) is 21.9. The molecule has 1 aromatic heterocycles. The van der Waals surface area contributed by atoms with Crippen LogP contribution < -0.4 is 9.47 Å². The molecule has 2 aliphatic rings. The minimum atomic E-state index is -0.699. The Morgan fingerprint density at radius 1 is 1.05 bits per heavy atom. The molecule has 0 radical (unpaired) electrons. The molecule has 0 bridgehead atoms. The standard InChI is InChI=1S/C30H27F2NO4S/c1-16-11-18(31)12-17(2)27(16)28(35)30-29(23-8-3-19(34)13-26(23)38-30)37-21-6-4-20(5-7-21)36-22-9-10-33(15-22)25-14-24(25)32/h3-8,11-13,22,24-25,34H,9-10,14-15H2,1-2H3/t22-,24?,25?/m1/s1. The predicted octanol–water partition coefficient (Wildman–Crippen LogP) is 6.95. The Hall–Kier alpha value is -3.49. The van der Waals surface area contributed by atoms with Crippen LogP contribution in [-0.2, 0) is 0 Å². The van der Waals surface area contributed by atoms with Crippen molar-refractivity contribution in [2.45, 2.75) is 45.0 Å². The normalized spacial score (nSPS) is 21.1. The molecule has 8 heteroatoms. The third-order valence-corrected chi connectivity index (χ3v) is 8.36. The fraction of sp³-hybridized carbons (Fsp3) is 0.300. The van der Waals surface area contributed by atoms with Crippen molar-refractivity contribution >= 4 is 27.2 Å². The van der Waals surface area contributed by atoms with E-state index in [-0.39, 0.29) is 29.5 Å². The average Bonchev–Trinajstić information content (AvgIpc) is 3.26. The van der Waals surface area contributed by atoms with E-state index >= 15 is 0 Å². The second-order valence-electron chi connectivity index (χ2n) is 10.1. The molecule has 2 heterocycles. The van der Waals surface area contributed by atoms with E-state index in [1.165, 1.54) is 23.5 Å². The average molecular weight is 536 g/mol. The Morgan fingerprint density at radius 2 is 1.74 bits per heavy atom. The van der Waals surface area contributed by atoms with Crippen molar-refractivity contribution < 1.29 is 28.2 Å². The fourth-order valence-corrected chi connectivity index (χ4v) is 6.38. The van der Waals surface area contributed by atoms with Crippen LogP contribution in [0, 0.1) is 19.7 Å². The zero-order chi connectivity index (χ0) is 26.6. The van der Waals surface area contributed by atoms with Crippen molar-refractivity contribution in [1.82, 2.24) is 4.90 Å². The van der Waals surface area contributed by atoms with Crippen LogP contribution in [0.4, 0.5) is 8.78 Å². The van der Waals surface area contributed by atoms with Crippen LogP contribution in [0.5, 0.6) is 23.0 Å². The lowest BCUT2D eigenvalue weighted by Gasteiger charge is -2.16. The summed E-state index contributed by atoms with van der Waals surface area (Å²) in [5, 5.41) is 10.7. The van der Waals surface area contributed by atoms with Gasteiger partial charge in [-0.1, -0.05) is 0 Å². The Morgan fingerprint density at radius 3 is 2.42 bits per heavy atom. The molecular weight excluding hydrogens is 508 g/mol. The predicted molar refractivity (Wildman–Crippen MR) is 143 cm³/mol. The van der Waals surface area contributed by atoms with Crippen molar-refractivity contribution in [3.05, 3.63) is 82.0 Å². The summed E-state index contributed by atoms with van der Waals surface area (Å²) in [6.45, 7) is 5.00. The molecule has 1 aliphatic heterocycles. The number of alkyl halides is 1. The number of hydrogen-bond acceptors (Lipinski definition) is 6. The number of rotatable bonds is 7. The van der Waals surface area contributed by atoms with Crippen molar-refractivity contribution in [3.8, 4) is 23.0 Å². The van der Waals surface area contributed by atoms with Crippen molar-refractivity contribution in [3.63, 3.8) is 0 Å². The highest BCUT2D eigenvalue weighted by Gasteiger charge is 2.45. The van der Waals surface area contributed by atoms with Crippen LogP contribution in [0.25, 0.3) is 10.1 Å². The number of likely N-dealkylation sites (tertiary alicyclic amines) is 1. The number of nitrogens with zero attached hydrogens (tertiary/aromatic N) is 1. The highest BCUT2D eigenvalue weighted by atomic mass is 32.1. The van der Waals surface area contributed by atoms with E-state index < -0.39 is 6.17 Å². The van der Waals surface area contributed by atoms with Crippen molar-refractivity contribution in [1.29, 1.82) is 0 Å². The number of phenolic OH excluding ortho intramolecular Hbond substituents is 1. The quantitative estimate of drug-likeness (QED) is 0.260. The third-order valence-electron chi connectivity index (χ3n) is 7.23. The molecule has 3 atom stereocenters. The van der Waals surface area contributed by atoms with E-state index in [0.29, 0.717) is 55.3 Å². The maximum absolute atomic E-state index is 13.9. The maximum Gasteiger partial charge on any atom is 0.207 e. The van der Waals surface area contributed by atoms with Crippen molar-refractivity contribution in [2.24, 2.45) is 0 Å². The number of ketones is 1. The monoisotopic (exact) mass is 535 g/mol. The molecule has 1 aliphatic carbocycles. The van der Waals surface area contributed by atoms with Crippen LogP contribution in [0.1, 0.15) is 39.2 Å². The van der Waals surface area contributed by atoms with Crippen LogP contribution >= 0.6 is 11.3 Å². The summed E-state index contributed by atoms with van der Waals surface area (Å²) < 4.78 is 40.4. The Labute approximate surface area is 223 Å². The highest BCUT2D eigenvalue weighted by Crippen LogP contribution is 2.43. The van der Waals surface area contributed by atoms with Gasteiger partial charge in [0, 0.05) is 34.8 Å². The summed E-state index contributed by atoms with van der Waals surface area (Å²) in [6.07, 6.45) is 0.813. The molecule has 6 rings (SSSR count). The maximum atomic E-state index is 13.9. The largest absolute Gasteiger partial charge is 0.508 e. The fourth-order valence-electron chi connectivity index (χ4n) is 5.27. The summed E-state index contributed by atoms with van der Waals surface area (Å²) >= 11 is 1.23. The van der Waals surface area contributed by atoms with Gasteiger partial charge < -0.3 is 14.6 Å². The lowest BCUT2D eigenvalue weighted by atomic mass is 9.97. The summed E-state index contributed by atoms with van der Waals surface area (Å²) in [7, 11) is 0. The number of halogens is 2. The first-order valence-corrected chi connectivity index (χ1v) is 13.5. The van der Waals surface area contributed by atoms with Gasteiger partial charge in [-0.05, 0) is 92.4 Å². The van der Waals surface area contributed by atoms with Crippen LogP contribution in [0.2, 0.25) is 0 Å². The van der Waals surface area contributed by atoms with E-state index in [1.54, 1.807) is 44.2 Å². The molecule has 1 saturated carbocycles. The van der Waals surface area contributed by atoms with E-state index in [1.807, 2.05) is 12.1 Å². The van der Waals surface area contributed by atoms with E-state index in [4.69, 9.17) is 9.47 Å². The molecule has 2 fully saturated rings. The lowest BCUT2D eigenvalue weighted by molar-refractivity contribution is 0.103. The first-order valence-electron chi connectivity index (χ1n) is 12.7. The molecule has 0 amide bonds. The second-order valence-corrected chi connectivity index (χ2v) is 11.2. The number of carbonyl (C=O) groups excluding carboxylic acids is 1. The van der Waals surface area contributed by atoms with Crippen LogP contribution in [0.3, 0.4) is 0 Å². The zero-order valence-electron chi connectivity index (χ0n) is 21.0. The number of phenols is 1. The SMILES string of the molecule is Cc1cc(F)cc(C)c1C(=O)c1sc2cc(O)ccc2c1Oc1ccc(O[C@@H]2CCN(C3CC3F)C2)cc1. The third kappa shape index (κ3) is 4.74. The highest BCUT2D eigenvalue weighted by molar-refractivity contribution is 7.21. The smallest absolute Gasteiger partial charge is 0.207 e. The van der Waals surface area contributed by atoms with Gasteiger partial charge in [-0.3, -0.25) is 9.69 Å². The molecule has 1 N–H and O–H groups in total. The molecule has 3 aromatic carbocycles. The van der Waals surface area contributed by atoms with Crippen LogP contribution in [0.15, 0.2) is 54.6 Å². The van der Waals surface area contributed by atoms with E-state index in [0.717, 1.165) is 19.5 Å². The molecule has 2 unspecified atom stereocenters. The van der Waals surface area contributed by atoms with Gasteiger partial charge in [0.2, 0.25) is 5.78 Å². The molecule has 0 spiro atoms. The number of hydrogen-bond donors (Lipinski definition) is 1. The Kier molecular flexibility index (Phi) is 6.32. The van der Waals surface area contributed by atoms with Gasteiger partial charge in [0.25, 0.3) is 0 Å². The van der Waals surface area contributed by atoms with E-state index in [2.05, 4.69) is 4.90 Å². The first kappa shape index (κ1) is 24.8. The number of ether oxygens (including phenoxy) is 2. The summed E-state index contributed by atoms with van der Waals surface area (Å²) in [5.41, 5.74) is 1.54. The van der Waals surface area contributed by atoms with Crippen molar-refractivity contribution in [2.75, 3.05) is 13.1 Å². The van der Waals surface area contributed by atoms with Gasteiger partial charge in [-0.15, -0.1) is 11.3 Å². The molecule has 38 heavy (non-hydrogen) atoms. The summed E-state index contributed by atoms with van der Waals surface area (Å²) in [5.74, 6) is 1.06. The Balaban J connectivity index is 1.26. The summed E-state index contributed by atoms with van der Waals surface area (Å²) in [6, 6.07) is 14.9. The Bertz CT molecular complexity index is 1510. The van der Waals surface area contributed by atoms with Gasteiger partial charge in [0.1, 0.15) is 40.2 Å².